The molecular weight excluding hydrogens is 380 g/mol. The molecule has 30 heavy (non-hydrogen) atoms. The summed E-state index contributed by atoms with van der Waals surface area (Å²) >= 11 is 0. The Bertz CT molecular complexity index is 1420. The summed E-state index contributed by atoms with van der Waals surface area (Å²) in [5.74, 6) is 0.583. The fraction of sp³-hybridized carbons (Fsp3) is 0.0476. The number of nitrogens with zero attached hydrogens (tertiary/aromatic N) is 6. The first-order valence-corrected chi connectivity index (χ1v) is 9.12. The van der Waals surface area contributed by atoms with Gasteiger partial charge in [-0.2, -0.15) is 5.10 Å². The summed E-state index contributed by atoms with van der Waals surface area (Å²) in [4.78, 5) is 24.8. The van der Waals surface area contributed by atoms with Crippen molar-refractivity contribution in [2.75, 3.05) is 0 Å². The zero-order chi connectivity index (χ0) is 20.5. The summed E-state index contributed by atoms with van der Waals surface area (Å²) in [6, 6.07) is 7.63. The Morgan fingerprint density at radius 1 is 1.17 bits per heavy atom. The number of aliphatic imine (C=N–C) groups is 2. The Hall–Kier alpha value is -4.40. The van der Waals surface area contributed by atoms with Crippen LogP contribution in [-0.4, -0.2) is 43.2 Å². The molecule has 0 saturated heterocycles. The molecule has 9 heteroatoms. The van der Waals surface area contributed by atoms with Crippen LogP contribution in [0.15, 0.2) is 63.6 Å². The molecule has 5 rings (SSSR count). The predicted octanol–water partition coefficient (Wildman–Crippen LogP) is 4.25. The van der Waals surface area contributed by atoms with Crippen molar-refractivity contribution in [2.24, 2.45) is 9.98 Å². The number of pyridine rings is 2. The number of rotatable bonds is 5. The first-order chi connectivity index (χ1) is 14.7. The van der Waals surface area contributed by atoms with Crippen molar-refractivity contribution in [1.82, 2.24) is 30.1 Å². The van der Waals surface area contributed by atoms with Crippen LogP contribution in [0.3, 0.4) is 0 Å². The van der Waals surface area contributed by atoms with Crippen LogP contribution < -0.4 is 0 Å². The van der Waals surface area contributed by atoms with Gasteiger partial charge in [0.2, 0.25) is 0 Å². The minimum Gasteiger partial charge on any atom is -0.472 e. The van der Waals surface area contributed by atoms with Gasteiger partial charge in [0.05, 0.1) is 23.7 Å². The second kappa shape index (κ2) is 7.21. The lowest BCUT2D eigenvalue weighted by molar-refractivity contribution is 0.568. The third-order valence-electron chi connectivity index (χ3n) is 4.67. The van der Waals surface area contributed by atoms with Gasteiger partial charge in [0.15, 0.2) is 17.2 Å². The lowest BCUT2D eigenvalue weighted by atomic mass is 10.1. The molecule has 146 valence electrons. The van der Waals surface area contributed by atoms with Gasteiger partial charge in [-0.3, -0.25) is 10.1 Å². The van der Waals surface area contributed by atoms with Crippen molar-refractivity contribution in [1.29, 1.82) is 0 Å². The second-order valence-electron chi connectivity index (χ2n) is 6.58. The van der Waals surface area contributed by atoms with Crippen LogP contribution in [0, 0.1) is 0 Å². The summed E-state index contributed by atoms with van der Waals surface area (Å²) in [5.41, 5.74) is 7.06. The average Bonchev–Trinajstić information content (AvgIpc) is 3.51. The molecule has 5 aromatic rings. The third kappa shape index (κ3) is 2.98. The van der Waals surface area contributed by atoms with Gasteiger partial charge < -0.3 is 9.40 Å². The van der Waals surface area contributed by atoms with E-state index in [1.54, 1.807) is 24.9 Å². The maximum Gasteiger partial charge on any atom is 0.162 e. The van der Waals surface area contributed by atoms with Crippen LogP contribution >= 0.6 is 0 Å². The lowest BCUT2D eigenvalue weighted by Gasteiger charge is -2.00. The van der Waals surface area contributed by atoms with E-state index >= 15 is 0 Å². The van der Waals surface area contributed by atoms with Gasteiger partial charge >= 0.3 is 0 Å². The van der Waals surface area contributed by atoms with E-state index in [0.717, 1.165) is 33.4 Å². The smallest absolute Gasteiger partial charge is 0.162 e. The van der Waals surface area contributed by atoms with Crippen LogP contribution in [-0.2, 0) is 0 Å². The molecule has 2 N–H and O–H groups in total. The number of aromatic amines is 2. The van der Waals surface area contributed by atoms with E-state index in [9.17, 15) is 0 Å². The van der Waals surface area contributed by atoms with Gasteiger partial charge in [0.25, 0.3) is 0 Å². The zero-order valence-electron chi connectivity index (χ0n) is 16.0. The van der Waals surface area contributed by atoms with E-state index in [2.05, 4.69) is 36.9 Å². The standard InChI is InChI=1S/C21H16N8O/c1-12(9-23-11-22-2)15-3-4-16-18(25-15)19(29-28-16)21-26-17-14(13-6-8-30-10-13)5-7-24-20(17)27-21/h3-11H,2H2,1H3,(H,28,29)(H,24,26,27)/b12-9+,23-11-. The average molecular weight is 396 g/mol. The van der Waals surface area contributed by atoms with Gasteiger partial charge in [-0.1, -0.05) is 0 Å². The number of hydrogen-bond donors (Lipinski definition) is 2. The summed E-state index contributed by atoms with van der Waals surface area (Å²) < 4.78 is 5.21. The van der Waals surface area contributed by atoms with E-state index < -0.39 is 0 Å². The molecule has 0 atom stereocenters. The van der Waals surface area contributed by atoms with E-state index in [0.29, 0.717) is 22.7 Å². The zero-order valence-corrected chi connectivity index (χ0v) is 16.0. The highest BCUT2D eigenvalue weighted by molar-refractivity contribution is 5.94. The topological polar surface area (TPSA) is 121 Å². The molecule has 5 heterocycles. The number of fused-ring (bicyclic) bond motifs is 2. The van der Waals surface area contributed by atoms with Crippen LogP contribution in [0.5, 0.6) is 0 Å². The summed E-state index contributed by atoms with van der Waals surface area (Å²) in [5, 5.41) is 7.44. The minimum absolute atomic E-state index is 0.583. The highest BCUT2D eigenvalue weighted by Crippen LogP contribution is 2.30. The molecule has 0 fully saturated rings. The monoisotopic (exact) mass is 396 g/mol. The van der Waals surface area contributed by atoms with Crippen molar-refractivity contribution >= 4 is 40.8 Å². The molecule has 0 aliphatic rings. The molecular formula is C21H16N8O. The Labute approximate surface area is 170 Å². The van der Waals surface area contributed by atoms with Crippen LogP contribution in [0.25, 0.3) is 50.4 Å². The van der Waals surface area contributed by atoms with Crippen LogP contribution in [0.1, 0.15) is 12.6 Å². The molecule has 0 aromatic carbocycles. The maximum atomic E-state index is 5.21. The van der Waals surface area contributed by atoms with Gasteiger partial charge in [0.1, 0.15) is 17.4 Å². The molecule has 0 spiro atoms. The number of hydrogen-bond acceptors (Lipinski definition) is 6. The molecule has 0 unspecified atom stereocenters. The number of H-pyrrole nitrogens is 2. The highest BCUT2D eigenvalue weighted by Gasteiger charge is 2.17. The van der Waals surface area contributed by atoms with E-state index in [-0.39, 0.29) is 0 Å². The normalized spacial score (nSPS) is 12.4. The molecule has 0 saturated carbocycles. The van der Waals surface area contributed by atoms with Crippen molar-refractivity contribution in [3.8, 4) is 22.6 Å². The fourth-order valence-corrected chi connectivity index (χ4v) is 3.22. The molecule has 0 radical (unpaired) electrons. The Balaban J connectivity index is 1.63. The van der Waals surface area contributed by atoms with Gasteiger partial charge in [-0.05, 0) is 43.5 Å². The molecule has 9 nitrogen and oxygen atoms in total. The number of furan rings is 1. The third-order valence-corrected chi connectivity index (χ3v) is 4.67. The fourth-order valence-electron chi connectivity index (χ4n) is 3.22. The number of imidazole rings is 1. The predicted molar refractivity (Wildman–Crippen MR) is 116 cm³/mol. The van der Waals surface area contributed by atoms with Crippen LogP contribution in [0.4, 0.5) is 0 Å². The molecule has 5 aromatic heterocycles. The van der Waals surface area contributed by atoms with E-state index in [1.165, 1.54) is 6.34 Å². The Morgan fingerprint density at radius 2 is 2.10 bits per heavy atom. The van der Waals surface area contributed by atoms with Crippen molar-refractivity contribution in [2.45, 2.75) is 6.92 Å². The highest BCUT2D eigenvalue weighted by atomic mass is 16.3. The Kier molecular flexibility index (Phi) is 4.25. The lowest BCUT2D eigenvalue weighted by Crippen LogP contribution is -1.88. The summed E-state index contributed by atoms with van der Waals surface area (Å²) in [6.45, 7) is 5.30. The summed E-state index contributed by atoms with van der Waals surface area (Å²) in [7, 11) is 0. The maximum absolute atomic E-state index is 5.21. The molecule has 0 aliphatic carbocycles. The van der Waals surface area contributed by atoms with E-state index in [1.807, 2.05) is 31.2 Å². The first-order valence-electron chi connectivity index (χ1n) is 9.12. The second-order valence-corrected chi connectivity index (χ2v) is 6.58. The Morgan fingerprint density at radius 3 is 2.93 bits per heavy atom. The molecule has 0 bridgehead atoms. The first kappa shape index (κ1) is 17.7. The van der Waals surface area contributed by atoms with Crippen LogP contribution in [0.2, 0.25) is 0 Å². The van der Waals surface area contributed by atoms with Crippen molar-refractivity contribution in [3.63, 3.8) is 0 Å². The molecule has 0 amide bonds. The summed E-state index contributed by atoms with van der Waals surface area (Å²) in [6.07, 6.45) is 8.11. The number of aromatic nitrogens is 6. The molecule has 0 aliphatic heterocycles. The quantitative estimate of drug-likeness (QED) is 0.340. The van der Waals surface area contributed by atoms with Gasteiger partial charge in [-0.15, -0.1) is 0 Å². The van der Waals surface area contributed by atoms with Crippen molar-refractivity contribution in [3.05, 3.63) is 54.9 Å². The minimum atomic E-state index is 0.583. The van der Waals surface area contributed by atoms with Gasteiger partial charge in [0, 0.05) is 23.5 Å². The SMILES string of the molecule is C=N/C=N\C=C(/C)c1ccc2[nH]nc(-c3nc4c(-c5ccoc5)ccnc4[nH]3)c2n1. The number of allylic oxidation sites excluding steroid dienone is 1. The van der Waals surface area contributed by atoms with E-state index in [4.69, 9.17) is 14.4 Å². The largest absolute Gasteiger partial charge is 0.472 e. The van der Waals surface area contributed by atoms with Gasteiger partial charge in [-0.25, -0.2) is 19.9 Å². The number of nitrogens with one attached hydrogen (secondary N) is 2. The van der Waals surface area contributed by atoms with Crippen molar-refractivity contribution < 1.29 is 4.42 Å².